The zero-order valence-electron chi connectivity index (χ0n) is 22.4. The van der Waals surface area contributed by atoms with Crippen molar-refractivity contribution in [1.29, 1.82) is 0 Å². The zero-order valence-corrected chi connectivity index (χ0v) is 22.4. The minimum Gasteiger partial charge on any atom is -0.457 e. The van der Waals surface area contributed by atoms with Crippen LogP contribution in [0.15, 0.2) is 66.7 Å². The molecule has 0 saturated carbocycles. The van der Waals surface area contributed by atoms with Gasteiger partial charge in [0, 0.05) is 23.2 Å². The number of ether oxygens (including phenoxy) is 1. The third kappa shape index (κ3) is 7.02. The number of hydrogen-bond acceptors (Lipinski definition) is 4. The highest BCUT2D eigenvalue weighted by atomic mass is 19.1. The fraction of sp³-hybridized carbons (Fsp3) is 0.233. The predicted molar refractivity (Wildman–Crippen MR) is 148 cm³/mol. The molecular weight excluding hydrogens is 518 g/mol. The van der Waals surface area contributed by atoms with Gasteiger partial charge >= 0.3 is 0 Å². The van der Waals surface area contributed by atoms with E-state index in [1.807, 2.05) is 6.92 Å². The summed E-state index contributed by atoms with van der Waals surface area (Å²) in [4.78, 5) is 42.5. The smallest absolute Gasteiger partial charge is 0.271 e. The van der Waals surface area contributed by atoms with E-state index in [1.165, 1.54) is 24.3 Å². The van der Waals surface area contributed by atoms with Gasteiger partial charge in [0.05, 0.1) is 5.52 Å². The number of carbonyl (C=O) groups is 3. The first kappa shape index (κ1) is 28.3. The number of rotatable bonds is 10. The maximum atomic E-state index is 14.2. The van der Waals surface area contributed by atoms with E-state index in [9.17, 15) is 23.2 Å². The number of aromatic nitrogens is 1. The van der Waals surface area contributed by atoms with Crippen LogP contribution in [0.2, 0.25) is 0 Å². The first-order chi connectivity index (χ1) is 19.1. The normalized spacial score (nSPS) is 10.9. The summed E-state index contributed by atoms with van der Waals surface area (Å²) in [6.07, 6.45) is 0.576. The average molecular weight is 549 g/mol. The van der Waals surface area contributed by atoms with Crippen LogP contribution in [-0.4, -0.2) is 46.7 Å². The minimum absolute atomic E-state index is 0.0511. The molecule has 40 heavy (non-hydrogen) atoms. The second kappa shape index (κ2) is 12.4. The molecule has 3 aromatic carbocycles. The fourth-order valence-corrected chi connectivity index (χ4v) is 4.14. The second-order valence-corrected chi connectivity index (χ2v) is 9.55. The number of halogens is 2. The van der Waals surface area contributed by atoms with Crippen molar-refractivity contribution in [1.82, 2.24) is 15.2 Å². The Morgan fingerprint density at radius 3 is 2.25 bits per heavy atom. The summed E-state index contributed by atoms with van der Waals surface area (Å²) < 4.78 is 33.9. The number of para-hydroxylation sites is 1. The molecule has 3 amide bonds. The first-order valence-corrected chi connectivity index (χ1v) is 12.8. The number of fused-ring (bicyclic) bond motifs is 1. The molecule has 1 heterocycles. The lowest BCUT2D eigenvalue weighted by atomic mass is 10.1. The number of hydrogen-bond donors (Lipinski definition) is 3. The summed E-state index contributed by atoms with van der Waals surface area (Å²) in [5, 5.41) is 5.89. The summed E-state index contributed by atoms with van der Waals surface area (Å²) in [6, 6.07) is 16.8. The van der Waals surface area contributed by atoms with Crippen LogP contribution in [0.1, 0.15) is 36.8 Å². The van der Waals surface area contributed by atoms with Crippen molar-refractivity contribution in [3.8, 4) is 11.5 Å². The standard InChI is InChI=1S/C30H30F2N4O4/c1-4-19-8-11-23(15-25(19)32)40-22-12-9-21(10-13-22)34-28(38)17-36(16-27(37)33-18(2)3)30(39)26-14-20-6-5-7-24(31)29(20)35-26/h5-15,18,35H,4,16-17H2,1-3H3,(H,33,37)(H,34,38). The fourth-order valence-electron chi connectivity index (χ4n) is 4.14. The Balaban J connectivity index is 1.45. The lowest BCUT2D eigenvalue weighted by molar-refractivity contribution is -0.123. The van der Waals surface area contributed by atoms with Gasteiger partial charge in [0.1, 0.15) is 41.9 Å². The highest BCUT2D eigenvalue weighted by Gasteiger charge is 2.24. The molecule has 0 fully saturated rings. The molecule has 0 aliphatic rings. The van der Waals surface area contributed by atoms with Gasteiger partial charge in [-0.1, -0.05) is 25.1 Å². The summed E-state index contributed by atoms with van der Waals surface area (Å²) >= 11 is 0. The van der Waals surface area contributed by atoms with Crippen LogP contribution in [0.3, 0.4) is 0 Å². The molecule has 0 spiro atoms. The van der Waals surface area contributed by atoms with Gasteiger partial charge in [0.2, 0.25) is 11.8 Å². The van der Waals surface area contributed by atoms with Crippen LogP contribution < -0.4 is 15.4 Å². The van der Waals surface area contributed by atoms with Gasteiger partial charge in [-0.05, 0) is 68.3 Å². The van der Waals surface area contributed by atoms with Gasteiger partial charge in [-0.3, -0.25) is 14.4 Å². The number of aryl methyl sites for hydroxylation is 1. The van der Waals surface area contributed by atoms with Gasteiger partial charge in [0.15, 0.2) is 0 Å². The molecule has 0 atom stereocenters. The molecule has 4 aromatic rings. The van der Waals surface area contributed by atoms with Crippen molar-refractivity contribution in [3.05, 3.63) is 89.6 Å². The molecule has 0 unspecified atom stereocenters. The topological polar surface area (TPSA) is 104 Å². The molecule has 1 aromatic heterocycles. The number of aromatic amines is 1. The van der Waals surface area contributed by atoms with Crippen LogP contribution in [-0.2, 0) is 16.0 Å². The van der Waals surface area contributed by atoms with E-state index in [0.717, 1.165) is 4.90 Å². The van der Waals surface area contributed by atoms with E-state index in [2.05, 4.69) is 15.6 Å². The van der Waals surface area contributed by atoms with Gasteiger partial charge in [0.25, 0.3) is 5.91 Å². The molecule has 0 bridgehead atoms. The molecule has 208 valence electrons. The molecular formula is C30H30F2N4O4. The van der Waals surface area contributed by atoms with Crippen LogP contribution in [0, 0.1) is 11.6 Å². The van der Waals surface area contributed by atoms with Crippen molar-refractivity contribution in [3.63, 3.8) is 0 Å². The third-order valence-corrected chi connectivity index (χ3v) is 6.02. The Morgan fingerprint density at radius 2 is 1.60 bits per heavy atom. The minimum atomic E-state index is -0.630. The van der Waals surface area contributed by atoms with Crippen molar-refractivity contribution < 1.29 is 27.9 Å². The van der Waals surface area contributed by atoms with E-state index >= 15 is 0 Å². The van der Waals surface area contributed by atoms with E-state index in [4.69, 9.17) is 4.74 Å². The number of anilines is 1. The summed E-state index contributed by atoms with van der Waals surface area (Å²) in [5.74, 6) is -1.69. The molecule has 10 heteroatoms. The van der Waals surface area contributed by atoms with E-state index in [-0.39, 0.29) is 29.6 Å². The maximum absolute atomic E-state index is 14.2. The predicted octanol–water partition coefficient (Wildman–Crippen LogP) is 5.41. The van der Waals surface area contributed by atoms with Crippen molar-refractivity contribution in [2.45, 2.75) is 33.2 Å². The average Bonchev–Trinajstić information content (AvgIpc) is 3.34. The van der Waals surface area contributed by atoms with Gasteiger partial charge in [-0.15, -0.1) is 0 Å². The molecule has 0 aliphatic carbocycles. The molecule has 4 rings (SSSR count). The Kier molecular flexibility index (Phi) is 8.78. The molecule has 0 saturated heterocycles. The quantitative estimate of drug-likeness (QED) is 0.247. The van der Waals surface area contributed by atoms with Crippen molar-refractivity contribution in [2.75, 3.05) is 18.4 Å². The largest absolute Gasteiger partial charge is 0.457 e. The molecule has 8 nitrogen and oxygen atoms in total. The number of benzene rings is 3. The van der Waals surface area contributed by atoms with Crippen molar-refractivity contribution >= 4 is 34.3 Å². The number of H-pyrrole nitrogens is 1. The van der Waals surface area contributed by atoms with E-state index < -0.39 is 30.1 Å². The Labute approximate surface area is 230 Å². The van der Waals surface area contributed by atoms with Crippen LogP contribution in [0.5, 0.6) is 11.5 Å². The molecule has 0 aliphatic heterocycles. The maximum Gasteiger partial charge on any atom is 0.271 e. The molecule has 3 N–H and O–H groups in total. The van der Waals surface area contributed by atoms with Gasteiger partial charge in [-0.2, -0.15) is 0 Å². The Hall–Kier alpha value is -4.73. The summed E-state index contributed by atoms with van der Waals surface area (Å²) in [7, 11) is 0. The van der Waals surface area contributed by atoms with Crippen LogP contribution >= 0.6 is 0 Å². The third-order valence-electron chi connectivity index (χ3n) is 6.02. The Morgan fingerprint density at radius 1 is 0.900 bits per heavy atom. The Bertz CT molecular complexity index is 1530. The summed E-state index contributed by atoms with van der Waals surface area (Å²) in [5.41, 5.74) is 1.23. The highest BCUT2D eigenvalue weighted by molar-refractivity contribution is 6.02. The van der Waals surface area contributed by atoms with E-state index in [0.29, 0.717) is 34.6 Å². The number of nitrogens with zero attached hydrogens (tertiary/aromatic N) is 1. The molecule has 0 radical (unpaired) electrons. The van der Waals surface area contributed by atoms with Crippen LogP contribution in [0.25, 0.3) is 10.9 Å². The van der Waals surface area contributed by atoms with E-state index in [1.54, 1.807) is 56.3 Å². The zero-order chi connectivity index (χ0) is 28.8. The lowest BCUT2D eigenvalue weighted by Crippen LogP contribution is -2.45. The SMILES string of the molecule is CCc1ccc(Oc2ccc(NC(=O)CN(CC(=O)NC(C)C)C(=O)c3cc4cccc(F)c4[nH]3)cc2)cc1F. The number of amides is 3. The van der Waals surface area contributed by atoms with Crippen molar-refractivity contribution in [2.24, 2.45) is 0 Å². The van der Waals surface area contributed by atoms with Gasteiger partial charge < -0.3 is 25.3 Å². The van der Waals surface area contributed by atoms with Crippen LogP contribution in [0.4, 0.5) is 14.5 Å². The van der Waals surface area contributed by atoms with Gasteiger partial charge in [-0.25, -0.2) is 8.78 Å². The lowest BCUT2D eigenvalue weighted by Gasteiger charge is -2.22. The number of carbonyl (C=O) groups excluding carboxylic acids is 3. The second-order valence-electron chi connectivity index (χ2n) is 9.55. The monoisotopic (exact) mass is 548 g/mol. The highest BCUT2D eigenvalue weighted by Crippen LogP contribution is 2.25. The summed E-state index contributed by atoms with van der Waals surface area (Å²) in [6.45, 7) is 4.62. The number of nitrogens with one attached hydrogen (secondary N) is 3. The first-order valence-electron chi connectivity index (χ1n) is 12.8.